The summed E-state index contributed by atoms with van der Waals surface area (Å²) in [7, 11) is 0. The van der Waals surface area contributed by atoms with Gasteiger partial charge in [-0.3, -0.25) is 4.90 Å². The quantitative estimate of drug-likeness (QED) is 0.873. The first-order valence-electron chi connectivity index (χ1n) is 8.17. The molecule has 2 N–H and O–H groups in total. The molecule has 2 fully saturated rings. The van der Waals surface area contributed by atoms with Crippen LogP contribution in [-0.2, 0) is 6.54 Å². The number of hydrogen-bond acceptors (Lipinski definition) is 3. The zero-order valence-corrected chi connectivity index (χ0v) is 13.6. The highest BCUT2D eigenvalue weighted by Crippen LogP contribution is 2.31. The van der Waals surface area contributed by atoms with Gasteiger partial charge in [-0.25, -0.2) is 4.39 Å². The third-order valence-electron chi connectivity index (χ3n) is 5.04. The second-order valence-corrected chi connectivity index (χ2v) is 7.12. The van der Waals surface area contributed by atoms with E-state index in [9.17, 15) is 9.50 Å². The number of rotatable bonds is 5. The number of aliphatic hydroxyl groups is 1. The van der Waals surface area contributed by atoms with Crippen LogP contribution in [0.4, 0.5) is 4.39 Å². The lowest BCUT2D eigenvalue weighted by Crippen LogP contribution is -2.51. The van der Waals surface area contributed by atoms with Crippen molar-refractivity contribution in [3.63, 3.8) is 0 Å². The lowest BCUT2D eigenvalue weighted by atomic mass is 9.80. The van der Waals surface area contributed by atoms with Crippen LogP contribution in [0.2, 0.25) is 5.02 Å². The molecule has 0 aromatic heterocycles. The van der Waals surface area contributed by atoms with E-state index in [0.717, 1.165) is 45.2 Å². The van der Waals surface area contributed by atoms with Gasteiger partial charge >= 0.3 is 0 Å². The fourth-order valence-electron chi connectivity index (χ4n) is 3.30. The summed E-state index contributed by atoms with van der Waals surface area (Å²) in [4.78, 5) is 2.25. The first kappa shape index (κ1) is 16.2. The predicted octanol–water partition coefficient (Wildman–Crippen LogP) is 2.95. The van der Waals surface area contributed by atoms with Crippen LogP contribution in [0, 0.1) is 5.82 Å². The molecule has 1 heterocycles. The molecule has 0 atom stereocenters. The number of halogens is 2. The molecule has 5 heteroatoms. The van der Waals surface area contributed by atoms with Crippen molar-refractivity contribution in [3.05, 3.63) is 34.6 Å². The second-order valence-electron chi connectivity index (χ2n) is 6.71. The molecule has 0 amide bonds. The van der Waals surface area contributed by atoms with Crippen LogP contribution in [-0.4, -0.2) is 41.3 Å². The van der Waals surface area contributed by atoms with E-state index in [0.29, 0.717) is 29.7 Å². The maximum Gasteiger partial charge on any atom is 0.129 e. The third-order valence-corrected chi connectivity index (χ3v) is 5.39. The summed E-state index contributed by atoms with van der Waals surface area (Å²) in [6.07, 6.45) is 5.04. The van der Waals surface area contributed by atoms with E-state index in [1.807, 2.05) is 0 Å². The Morgan fingerprint density at radius 3 is 2.64 bits per heavy atom. The van der Waals surface area contributed by atoms with Gasteiger partial charge in [0.1, 0.15) is 5.82 Å². The summed E-state index contributed by atoms with van der Waals surface area (Å²) < 4.78 is 13.8. The highest BCUT2D eigenvalue weighted by molar-refractivity contribution is 6.31. The molecule has 1 saturated heterocycles. The van der Waals surface area contributed by atoms with Gasteiger partial charge in [-0.1, -0.05) is 17.7 Å². The van der Waals surface area contributed by atoms with Gasteiger partial charge in [-0.05, 0) is 57.3 Å². The fraction of sp³-hybridized carbons (Fsp3) is 0.647. The van der Waals surface area contributed by atoms with E-state index in [-0.39, 0.29) is 5.82 Å². The van der Waals surface area contributed by atoms with Crippen molar-refractivity contribution in [3.8, 4) is 0 Å². The summed E-state index contributed by atoms with van der Waals surface area (Å²) in [6.45, 7) is 3.14. The van der Waals surface area contributed by atoms with Gasteiger partial charge in [0, 0.05) is 29.7 Å². The first-order valence-corrected chi connectivity index (χ1v) is 8.55. The maximum absolute atomic E-state index is 13.8. The lowest BCUT2D eigenvalue weighted by molar-refractivity contribution is -0.0346. The van der Waals surface area contributed by atoms with Crippen molar-refractivity contribution in [1.82, 2.24) is 10.2 Å². The average Bonchev–Trinajstić information content (AvgIpc) is 2.48. The molecule has 1 aliphatic carbocycles. The summed E-state index contributed by atoms with van der Waals surface area (Å²) in [5.41, 5.74) is 0.136. The van der Waals surface area contributed by atoms with Crippen molar-refractivity contribution in [2.24, 2.45) is 0 Å². The number of hydrogen-bond donors (Lipinski definition) is 2. The zero-order chi connectivity index (χ0) is 15.6. The molecule has 0 bridgehead atoms. The number of likely N-dealkylation sites (tertiary alicyclic amines) is 1. The summed E-state index contributed by atoms with van der Waals surface area (Å²) in [5, 5.41) is 14.1. The van der Waals surface area contributed by atoms with Gasteiger partial charge in [0.2, 0.25) is 0 Å². The summed E-state index contributed by atoms with van der Waals surface area (Å²) in [5.74, 6) is -0.222. The molecule has 122 valence electrons. The normalized spacial score (nSPS) is 22.5. The Balaban J connectivity index is 1.45. The van der Waals surface area contributed by atoms with Crippen molar-refractivity contribution < 1.29 is 9.50 Å². The summed E-state index contributed by atoms with van der Waals surface area (Å²) in [6, 6.07) is 5.31. The van der Waals surface area contributed by atoms with Gasteiger partial charge in [0.15, 0.2) is 0 Å². The molecule has 3 rings (SSSR count). The molecule has 22 heavy (non-hydrogen) atoms. The highest BCUT2D eigenvalue weighted by atomic mass is 35.5. The Bertz CT molecular complexity index is 493. The van der Waals surface area contributed by atoms with Crippen LogP contribution >= 0.6 is 11.6 Å². The van der Waals surface area contributed by atoms with Crippen LogP contribution in [0.15, 0.2) is 18.2 Å². The fourth-order valence-corrected chi connectivity index (χ4v) is 3.52. The van der Waals surface area contributed by atoms with Gasteiger partial charge in [-0.2, -0.15) is 0 Å². The Labute approximate surface area is 136 Å². The molecule has 1 saturated carbocycles. The van der Waals surface area contributed by atoms with E-state index in [4.69, 9.17) is 11.6 Å². The van der Waals surface area contributed by atoms with E-state index in [1.54, 1.807) is 12.1 Å². The maximum atomic E-state index is 13.8. The van der Waals surface area contributed by atoms with E-state index < -0.39 is 5.60 Å². The largest absolute Gasteiger partial charge is 0.389 e. The minimum Gasteiger partial charge on any atom is -0.389 e. The number of nitrogens with one attached hydrogen (secondary N) is 1. The minimum absolute atomic E-state index is 0.222. The van der Waals surface area contributed by atoms with E-state index in [1.165, 1.54) is 6.07 Å². The molecular formula is C17H24ClFN2O. The number of nitrogens with zero attached hydrogens (tertiary/aromatic N) is 1. The summed E-state index contributed by atoms with van der Waals surface area (Å²) >= 11 is 6.09. The molecule has 0 unspecified atom stereocenters. The van der Waals surface area contributed by atoms with E-state index in [2.05, 4.69) is 10.2 Å². The SMILES string of the molecule is OC1(CNC2CCN(Cc3c(F)cccc3Cl)CC2)CCC1. The Morgan fingerprint density at radius 2 is 2.05 bits per heavy atom. The molecule has 1 aromatic carbocycles. The van der Waals surface area contributed by atoms with Crippen LogP contribution in [0.5, 0.6) is 0 Å². The molecule has 2 aliphatic rings. The predicted molar refractivity (Wildman–Crippen MR) is 86.5 cm³/mol. The first-order chi connectivity index (χ1) is 10.6. The van der Waals surface area contributed by atoms with E-state index >= 15 is 0 Å². The van der Waals surface area contributed by atoms with Crippen molar-refractivity contribution in [2.75, 3.05) is 19.6 Å². The monoisotopic (exact) mass is 326 g/mol. The molecule has 1 aliphatic heterocycles. The Morgan fingerprint density at radius 1 is 1.32 bits per heavy atom. The van der Waals surface area contributed by atoms with Crippen LogP contribution in [0.1, 0.15) is 37.7 Å². The smallest absolute Gasteiger partial charge is 0.129 e. The molecule has 1 aromatic rings. The van der Waals surface area contributed by atoms with Gasteiger partial charge in [0.05, 0.1) is 5.60 Å². The average molecular weight is 327 g/mol. The standard InChI is InChI=1S/C17H24ClFN2O/c18-15-3-1-4-16(19)14(15)11-21-9-5-13(6-10-21)20-12-17(22)7-2-8-17/h1,3-4,13,20,22H,2,5-12H2. The molecular weight excluding hydrogens is 303 g/mol. The number of benzene rings is 1. The van der Waals surface area contributed by atoms with Crippen LogP contribution in [0.25, 0.3) is 0 Å². The Kier molecular flexibility index (Phi) is 5.03. The van der Waals surface area contributed by atoms with Crippen LogP contribution < -0.4 is 5.32 Å². The molecule has 0 radical (unpaired) electrons. The van der Waals surface area contributed by atoms with Gasteiger partial charge in [-0.15, -0.1) is 0 Å². The third kappa shape index (κ3) is 3.80. The molecule has 0 spiro atoms. The lowest BCUT2D eigenvalue weighted by Gasteiger charge is -2.39. The topological polar surface area (TPSA) is 35.5 Å². The highest BCUT2D eigenvalue weighted by Gasteiger charge is 2.34. The van der Waals surface area contributed by atoms with Gasteiger partial charge < -0.3 is 10.4 Å². The molecule has 3 nitrogen and oxygen atoms in total. The number of piperidine rings is 1. The van der Waals surface area contributed by atoms with Crippen molar-refractivity contribution in [1.29, 1.82) is 0 Å². The van der Waals surface area contributed by atoms with Gasteiger partial charge in [0.25, 0.3) is 0 Å². The van der Waals surface area contributed by atoms with Crippen molar-refractivity contribution >= 4 is 11.6 Å². The van der Waals surface area contributed by atoms with Crippen molar-refractivity contribution in [2.45, 2.75) is 50.3 Å². The van der Waals surface area contributed by atoms with Crippen LogP contribution in [0.3, 0.4) is 0 Å². The Hall–Kier alpha value is -0.680. The minimum atomic E-state index is -0.460. The zero-order valence-electron chi connectivity index (χ0n) is 12.8. The second kappa shape index (κ2) is 6.83.